The zero-order valence-corrected chi connectivity index (χ0v) is 9.94. The molecule has 0 spiro atoms. The van der Waals surface area contributed by atoms with Crippen molar-refractivity contribution < 1.29 is 0 Å². The average Bonchev–Trinajstić information content (AvgIpc) is 2.83. The highest BCUT2D eigenvalue weighted by Gasteiger charge is 2.04. The van der Waals surface area contributed by atoms with Crippen molar-refractivity contribution in [3.8, 4) is 10.6 Å². The Balaban J connectivity index is 2.16. The molecule has 2 aromatic heterocycles. The maximum atomic E-state index is 5.49. The molecule has 84 valence electrons. The predicted octanol–water partition coefficient (Wildman–Crippen LogP) is 1.60. The van der Waals surface area contributed by atoms with E-state index in [1.54, 1.807) is 11.3 Å². The Kier molecular flexibility index (Phi) is 3.48. The lowest BCUT2D eigenvalue weighted by Gasteiger charge is -2.15. The zero-order valence-electron chi connectivity index (χ0n) is 9.13. The fraction of sp³-hybridized carbons (Fsp3) is 0.273. The number of hydrogen-bond acceptors (Lipinski definition) is 5. The lowest BCUT2D eigenvalue weighted by atomic mass is 10.3. The summed E-state index contributed by atoms with van der Waals surface area (Å²) < 4.78 is 0. The summed E-state index contributed by atoms with van der Waals surface area (Å²) in [5.74, 6) is 0.853. The third kappa shape index (κ3) is 2.37. The topological polar surface area (TPSA) is 55.0 Å². The van der Waals surface area contributed by atoms with Crippen molar-refractivity contribution in [1.29, 1.82) is 0 Å². The van der Waals surface area contributed by atoms with E-state index < -0.39 is 0 Å². The summed E-state index contributed by atoms with van der Waals surface area (Å²) in [5.41, 5.74) is 6.40. The van der Waals surface area contributed by atoms with Crippen molar-refractivity contribution in [1.82, 2.24) is 10.2 Å². The molecule has 2 heterocycles. The summed E-state index contributed by atoms with van der Waals surface area (Å²) in [6.07, 6.45) is 0. The van der Waals surface area contributed by atoms with Crippen molar-refractivity contribution in [2.75, 3.05) is 25.0 Å². The Labute approximate surface area is 98.7 Å². The highest BCUT2D eigenvalue weighted by Crippen LogP contribution is 2.22. The zero-order chi connectivity index (χ0) is 11.4. The van der Waals surface area contributed by atoms with Gasteiger partial charge < -0.3 is 10.6 Å². The smallest absolute Gasteiger partial charge is 0.151 e. The van der Waals surface area contributed by atoms with Crippen LogP contribution in [0.2, 0.25) is 0 Å². The quantitative estimate of drug-likeness (QED) is 0.873. The van der Waals surface area contributed by atoms with Gasteiger partial charge in [0.2, 0.25) is 0 Å². The second-order valence-electron chi connectivity index (χ2n) is 3.46. The molecule has 16 heavy (non-hydrogen) atoms. The highest BCUT2D eigenvalue weighted by atomic mass is 32.1. The van der Waals surface area contributed by atoms with Gasteiger partial charge in [-0.05, 0) is 23.6 Å². The van der Waals surface area contributed by atoms with Crippen LogP contribution in [-0.2, 0) is 0 Å². The molecule has 0 saturated carbocycles. The standard InChI is InChI=1S/C11H14N4S/c1-15(7-6-12)11-5-4-9(13-14-11)10-3-2-8-16-10/h2-5,8H,6-7,12H2,1H3. The van der Waals surface area contributed by atoms with Crippen molar-refractivity contribution >= 4 is 17.2 Å². The number of rotatable bonds is 4. The molecule has 0 atom stereocenters. The SMILES string of the molecule is CN(CCN)c1ccc(-c2cccs2)nn1. The Hall–Kier alpha value is -1.46. The van der Waals surface area contributed by atoms with Gasteiger partial charge in [-0.25, -0.2) is 0 Å². The van der Waals surface area contributed by atoms with Gasteiger partial charge in [-0.3, -0.25) is 0 Å². The Morgan fingerprint density at radius 2 is 2.19 bits per heavy atom. The maximum Gasteiger partial charge on any atom is 0.151 e. The third-order valence-corrected chi connectivity index (χ3v) is 3.17. The lowest BCUT2D eigenvalue weighted by molar-refractivity contribution is 0.849. The van der Waals surface area contributed by atoms with Crippen LogP contribution in [0.4, 0.5) is 5.82 Å². The molecule has 2 rings (SSSR count). The summed E-state index contributed by atoms with van der Waals surface area (Å²) in [7, 11) is 1.96. The Morgan fingerprint density at radius 1 is 1.31 bits per heavy atom. The first kappa shape index (κ1) is 11.0. The van der Waals surface area contributed by atoms with Crippen molar-refractivity contribution in [3.05, 3.63) is 29.6 Å². The summed E-state index contributed by atoms with van der Waals surface area (Å²) >= 11 is 1.66. The van der Waals surface area contributed by atoms with E-state index in [4.69, 9.17) is 5.73 Å². The first-order valence-corrected chi connectivity index (χ1v) is 5.98. The van der Waals surface area contributed by atoms with Crippen LogP contribution in [0.3, 0.4) is 0 Å². The molecule has 0 radical (unpaired) electrons. The Bertz CT molecular complexity index is 424. The van der Waals surface area contributed by atoms with Crippen LogP contribution in [0, 0.1) is 0 Å². The number of anilines is 1. The normalized spacial score (nSPS) is 10.4. The number of hydrogen-bond donors (Lipinski definition) is 1. The molecule has 5 heteroatoms. The summed E-state index contributed by atoms with van der Waals surface area (Å²) in [6.45, 7) is 1.40. The molecule has 0 amide bonds. The number of thiophene rings is 1. The van der Waals surface area contributed by atoms with E-state index >= 15 is 0 Å². The van der Waals surface area contributed by atoms with Crippen LogP contribution in [0.25, 0.3) is 10.6 Å². The molecule has 0 aromatic carbocycles. The molecule has 2 aromatic rings. The maximum absolute atomic E-state index is 5.49. The monoisotopic (exact) mass is 234 g/mol. The average molecular weight is 234 g/mol. The fourth-order valence-corrected chi connectivity index (χ4v) is 2.08. The number of likely N-dealkylation sites (N-methyl/N-ethyl adjacent to an activating group) is 1. The molecule has 0 aliphatic heterocycles. The second kappa shape index (κ2) is 5.05. The van der Waals surface area contributed by atoms with Gasteiger partial charge in [0, 0.05) is 20.1 Å². The van der Waals surface area contributed by atoms with Crippen LogP contribution in [0.1, 0.15) is 0 Å². The molecule has 0 fully saturated rings. The van der Waals surface area contributed by atoms with E-state index in [2.05, 4.69) is 10.2 Å². The van der Waals surface area contributed by atoms with Crippen molar-refractivity contribution in [2.24, 2.45) is 5.73 Å². The summed E-state index contributed by atoms with van der Waals surface area (Å²) in [6, 6.07) is 8.01. The highest BCUT2D eigenvalue weighted by molar-refractivity contribution is 7.13. The van der Waals surface area contributed by atoms with Crippen LogP contribution in [0.15, 0.2) is 29.6 Å². The number of aromatic nitrogens is 2. The van der Waals surface area contributed by atoms with Gasteiger partial charge in [0.05, 0.1) is 4.88 Å². The molecule has 2 N–H and O–H groups in total. The number of nitrogens with zero attached hydrogens (tertiary/aromatic N) is 3. The first-order chi connectivity index (χ1) is 7.81. The molecule has 0 aliphatic rings. The van der Waals surface area contributed by atoms with Crippen LogP contribution in [0.5, 0.6) is 0 Å². The van der Waals surface area contributed by atoms with Crippen LogP contribution in [-0.4, -0.2) is 30.3 Å². The van der Waals surface area contributed by atoms with E-state index in [0.717, 1.165) is 22.9 Å². The summed E-state index contributed by atoms with van der Waals surface area (Å²) in [5, 5.41) is 10.4. The van der Waals surface area contributed by atoms with E-state index in [0.29, 0.717) is 6.54 Å². The van der Waals surface area contributed by atoms with Gasteiger partial charge in [0.1, 0.15) is 5.69 Å². The minimum absolute atomic E-state index is 0.616. The van der Waals surface area contributed by atoms with E-state index in [9.17, 15) is 0 Å². The Morgan fingerprint density at radius 3 is 2.75 bits per heavy atom. The van der Waals surface area contributed by atoms with E-state index in [1.165, 1.54) is 0 Å². The molecule has 0 saturated heterocycles. The fourth-order valence-electron chi connectivity index (χ4n) is 1.39. The van der Waals surface area contributed by atoms with E-state index in [-0.39, 0.29) is 0 Å². The van der Waals surface area contributed by atoms with Gasteiger partial charge in [-0.1, -0.05) is 6.07 Å². The van der Waals surface area contributed by atoms with Gasteiger partial charge in [0.15, 0.2) is 5.82 Å². The third-order valence-electron chi connectivity index (χ3n) is 2.28. The van der Waals surface area contributed by atoms with Gasteiger partial charge in [0.25, 0.3) is 0 Å². The lowest BCUT2D eigenvalue weighted by Crippen LogP contribution is -2.25. The molecular weight excluding hydrogens is 220 g/mol. The molecule has 0 unspecified atom stereocenters. The van der Waals surface area contributed by atoms with Gasteiger partial charge >= 0.3 is 0 Å². The second-order valence-corrected chi connectivity index (χ2v) is 4.41. The van der Waals surface area contributed by atoms with Crippen LogP contribution >= 0.6 is 11.3 Å². The minimum Gasteiger partial charge on any atom is -0.357 e. The first-order valence-electron chi connectivity index (χ1n) is 5.10. The van der Waals surface area contributed by atoms with Crippen molar-refractivity contribution in [2.45, 2.75) is 0 Å². The molecular formula is C11H14N4S. The minimum atomic E-state index is 0.616. The number of nitrogens with two attached hydrogens (primary N) is 1. The largest absolute Gasteiger partial charge is 0.357 e. The van der Waals surface area contributed by atoms with E-state index in [1.807, 2.05) is 41.6 Å². The predicted molar refractivity (Wildman–Crippen MR) is 67.7 cm³/mol. The molecule has 0 aliphatic carbocycles. The van der Waals surface area contributed by atoms with Gasteiger partial charge in [-0.15, -0.1) is 21.5 Å². The van der Waals surface area contributed by atoms with Gasteiger partial charge in [-0.2, -0.15) is 0 Å². The molecule has 0 bridgehead atoms. The van der Waals surface area contributed by atoms with Crippen LogP contribution < -0.4 is 10.6 Å². The van der Waals surface area contributed by atoms with Crippen molar-refractivity contribution in [3.63, 3.8) is 0 Å². The summed E-state index contributed by atoms with van der Waals surface area (Å²) in [4.78, 5) is 3.13. The molecule has 4 nitrogen and oxygen atoms in total.